The van der Waals surface area contributed by atoms with Crippen LogP contribution in [0.1, 0.15) is 5.56 Å². The molecule has 68 valence electrons. The highest BCUT2D eigenvalue weighted by Gasteiger charge is 1.93. The molecule has 0 atom stereocenters. The van der Waals surface area contributed by atoms with Crippen LogP contribution in [0.15, 0.2) is 24.3 Å². The predicted molar refractivity (Wildman–Crippen MR) is 54.8 cm³/mol. The molecule has 0 heterocycles. The van der Waals surface area contributed by atoms with Crippen LogP contribution in [0.3, 0.4) is 0 Å². The van der Waals surface area contributed by atoms with Crippen molar-refractivity contribution >= 4 is 11.8 Å². The average Bonchev–Trinajstić information content (AvgIpc) is 2.19. The van der Waals surface area contributed by atoms with Gasteiger partial charge in [-0.3, -0.25) is 0 Å². The Balaban J connectivity index is 2.45. The fraction of sp³-hybridized carbons (Fsp3) is 0.300. The van der Waals surface area contributed by atoms with E-state index in [1.54, 1.807) is 18.9 Å². The number of methoxy groups -OCH3 is 1. The van der Waals surface area contributed by atoms with Gasteiger partial charge in [-0.15, -0.1) is 11.8 Å². The standard InChI is InChI=1S/C10H11NOS/c1-12-10-4-2-9(3-5-10)8-13-7-6-11/h2-5H,7-8H2,1H3. The molecule has 2 nitrogen and oxygen atoms in total. The van der Waals surface area contributed by atoms with Gasteiger partial charge in [-0.25, -0.2) is 0 Å². The van der Waals surface area contributed by atoms with Gasteiger partial charge in [-0.05, 0) is 17.7 Å². The van der Waals surface area contributed by atoms with E-state index in [4.69, 9.17) is 10.00 Å². The molecule has 1 aromatic carbocycles. The predicted octanol–water partition coefficient (Wildman–Crippen LogP) is 2.45. The van der Waals surface area contributed by atoms with Gasteiger partial charge >= 0.3 is 0 Å². The van der Waals surface area contributed by atoms with E-state index in [0.29, 0.717) is 5.75 Å². The molecule has 0 bridgehead atoms. The lowest BCUT2D eigenvalue weighted by atomic mass is 10.2. The molecule has 0 spiro atoms. The SMILES string of the molecule is COc1ccc(CSCC#N)cc1. The van der Waals surface area contributed by atoms with E-state index in [1.165, 1.54) is 5.56 Å². The smallest absolute Gasteiger partial charge is 0.118 e. The Labute approximate surface area is 82.5 Å². The molecule has 0 saturated carbocycles. The second kappa shape index (κ2) is 5.50. The van der Waals surface area contributed by atoms with Crippen LogP contribution < -0.4 is 4.74 Å². The van der Waals surface area contributed by atoms with Crippen molar-refractivity contribution in [3.05, 3.63) is 29.8 Å². The fourth-order valence-corrected chi connectivity index (χ4v) is 1.56. The van der Waals surface area contributed by atoms with Gasteiger partial charge < -0.3 is 4.74 Å². The van der Waals surface area contributed by atoms with Gasteiger partial charge in [0.1, 0.15) is 5.75 Å². The van der Waals surface area contributed by atoms with Crippen molar-refractivity contribution in [3.8, 4) is 11.8 Å². The number of nitrogens with zero attached hydrogens (tertiary/aromatic N) is 1. The zero-order valence-corrected chi connectivity index (χ0v) is 8.30. The largest absolute Gasteiger partial charge is 0.497 e. The summed E-state index contributed by atoms with van der Waals surface area (Å²) < 4.78 is 5.04. The van der Waals surface area contributed by atoms with Crippen molar-refractivity contribution in [1.29, 1.82) is 5.26 Å². The number of benzene rings is 1. The summed E-state index contributed by atoms with van der Waals surface area (Å²) in [7, 11) is 1.65. The summed E-state index contributed by atoms with van der Waals surface area (Å²) in [4.78, 5) is 0. The third-order valence-electron chi connectivity index (χ3n) is 1.59. The molecular weight excluding hydrogens is 182 g/mol. The van der Waals surface area contributed by atoms with Crippen molar-refractivity contribution in [1.82, 2.24) is 0 Å². The maximum Gasteiger partial charge on any atom is 0.118 e. The highest BCUT2D eigenvalue weighted by Crippen LogP contribution is 2.15. The van der Waals surface area contributed by atoms with E-state index in [0.717, 1.165) is 11.5 Å². The Morgan fingerprint density at radius 3 is 2.62 bits per heavy atom. The lowest BCUT2D eigenvalue weighted by Gasteiger charge is -2.01. The zero-order chi connectivity index (χ0) is 9.52. The van der Waals surface area contributed by atoms with E-state index in [9.17, 15) is 0 Å². The first-order valence-corrected chi connectivity index (χ1v) is 5.10. The molecule has 0 fully saturated rings. The first-order valence-electron chi connectivity index (χ1n) is 3.94. The lowest BCUT2D eigenvalue weighted by molar-refractivity contribution is 0.414. The van der Waals surface area contributed by atoms with E-state index >= 15 is 0 Å². The van der Waals surface area contributed by atoms with E-state index in [-0.39, 0.29) is 0 Å². The Morgan fingerprint density at radius 2 is 2.08 bits per heavy atom. The number of hydrogen-bond acceptors (Lipinski definition) is 3. The topological polar surface area (TPSA) is 33.0 Å². The van der Waals surface area contributed by atoms with E-state index < -0.39 is 0 Å². The Kier molecular flexibility index (Phi) is 4.20. The van der Waals surface area contributed by atoms with Crippen molar-refractivity contribution in [2.45, 2.75) is 5.75 Å². The minimum absolute atomic E-state index is 0.548. The van der Waals surface area contributed by atoms with Crippen LogP contribution in [0.5, 0.6) is 5.75 Å². The molecule has 1 aromatic rings. The normalized spacial score (nSPS) is 9.23. The Bertz CT molecular complexity index is 289. The summed E-state index contributed by atoms with van der Waals surface area (Å²) in [6.45, 7) is 0. The number of ether oxygens (including phenoxy) is 1. The zero-order valence-electron chi connectivity index (χ0n) is 7.49. The van der Waals surface area contributed by atoms with Gasteiger partial charge in [-0.2, -0.15) is 5.26 Å². The van der Waals surface area contributed by atoms with E-state index in [1.807, 2.05) is 24.3 Å². The molecular formula is C10H11NOS. The van der Waals surface area contributed by atoms with Crippen LogP contribution in [-0.4, -0.2) is 12.9 Å². The van der Waals surface area contributed by atoms with Gasteiger partial charge in [0.2, 0.25) is 0 Å². The van der Waals surface area contributed by atoms with Gasteiger partial charge in [0.15, 0.2) is 0 Å². The number of nitriles is 1. The van der Waals surface area contributed by atoms with Gasteiger partial charge in [0.25, 0.3) is 0 Å². The van der Waals surface area contributed by atoms with Crippen LogP contribution in [-0.2, 0) is 5.75 Å². The van der Waals surface area contributed by atoms with Crippen LogP contribution in [0.2, 0.25) is 0 Å². The van der Waals surface area contributed by atoms with Gasteiger partial charge in [-0.1, -0.05) is 12.1 Å². The van der Waals surface area contributed by atoms with E-state index in [2.05, 4.69) is 6.07 Å². The molecule has 0 saturated heterocycles. The Morgan fingerprint density at radius 1 is 1.38 bits per heavy atom. The molecule has 13 heavy (non-hydrogen) atoms. The minimum Gasteiger partial charge on any atom is -0.497 e. The molecule has 1 rings (SSSR count). The van der Waals surface area contributed by atoms with Gasteiger partial charge in [0, 0.05) is 5.75 Å². The van der Waals surface area contributed by atoms with Crippen LogP contribution in [0.25, 0.3) is 0 Å². The van der Waals surface area contributed by atoms with Crippen LogP contribution in [0, 0.1) is 11.3 Å². The molecule has 0 unspecified atom stereocenters. The highest BCUT2D eigenvalue weighted by atomic mass is 32.2. The maximum atomic E-state index is 8.34. The second-order valence-electron chi connectivity index (χ2n) is 2.50. The molecule has 0 aliphatic carbocycles. The molecule has 0 aliphatic heterocycles. The number of thioether (sulfide) groups is 1. The molecule has 0 aromatic heterocycles. The molecule has 3 heteroatoms. The summed E-state index contributed by atoms with van der Waals surface area (Å²) in [6, 6.07) is 10.00. The third-order valence-corrected chi connectivity index (χ3v) is 2.47. The summed E-state index contributed by atoms with van der Waals surface area (Å²) in [5.74, 6) is 2.30. The molecule has 0 radical (unpaired) electrons. The third kappa shape index (κ3) is 3.39. The summed E-state index contributed by atoms with van der Waals surface area (Å²) in [5, 5.41) is 8.34. The molecule has 0 N–H and O–H groups in total. The van der Waals surface area contributed by atoms with Crippen LogP contribution >= 0.6 is 11.8 Å². The molecule has 0 aliphatic rings. The summed E-state index contributed by atoms with van der Waals surface area (Å²) >= 11 is 1.62. The monoisotopic (exact) mass is 193 g/mol. The van der Waals surface area contributed by atoms with Crippen LogP contribution in [0.4, 0.5) is 0 Å². The Hall–Kier alpha value is -1.14. The maximum absolute atomic E-state index is 8.34. The summed E-state index contributed by atoms with van der Waals surface area (Å²) in [5.41, 5.74) is 1.22. The van der Waals surface area contributed by atoms with Crippen molar-refractivity contribution in [3.63, 3.8) is 0 Å². The summed E-state index contributed by atoms with van der Waals surface area (Å²) in [6.07, 6.45) is 0. The van der Waals surface area contributed by atoms with Crippen molar-refractivity contribution in [2.24, 2.45) is 0 Å². The van der Waals surface area contributed by atoms with Gasteiger partial charge in [0.05, 0.1) is 18.9 Å². The number of rotatable bonds is 4. The molecule has 0 amide bonds. The number of hydrogen-bond donors (Lipinski definition) is 0. The van der Waals surface area contributed by atoms with Crippen molar-refractivity contribution < 1.29 is 4.74 Å². The fourth-order valence-electron chi connectivity index (χ4n) is 0.936. The minimum atomic E-state index is 0.548. The second-order valence-corrected chi connectivity index (χ2v) is 3.48. The van der Waals surface area contributed by atoms with Crippen molar-refractivity contribution in [2.75, 3.05) is 12.9 Å². The highest BCUT2D eigenvalue weighted by molar-refractivity contribution is 7.98. The lowest BCUT2D eigenvalue weighted by Crippen LogP contribution is -1.84. The first-order chi connectivity index (χ1) is 6.36. The first kappa shape index (κ1) is 9.94. The average molecular weight is 193 g/mol. The quantitative estimate of drug-likeness (QED) is 0.689.